The molecule has 0 saturated heterocycles. The third-order valence-electron chi connectivity index (χ3n) is 2.79. The molecule has 106 valence electrons. The maximum Gasteiger partial charge on any atom is 0.124 e. The van der Waals surface area contributed by atoms with Crippen LogP contribution in [0.3, 0.4) is 0 Å². The predicted molar refractivity (Wildman–Crippen MR) is 79.4 cm³/mol. The van der Waals surface area contributed by atoms with E-state index in [1.807, 2.05) is 29.7 Å². The van der Waals surface area contributed by atoms with Gasteiger partial charge in [-0.1, -0.05) is 18.2 Å². The minimum absolute atomic E-state index is 0.250. The Hall–Kier alpha value is -1.98. The number of aliphatic hydroxyl groups is 1. The van der Waals surface area contributed by atoms with Gasteiger partial charge in [0.25, 0.3) is 0 Å². The van der Waals surface area contributed by atoms with E-state index in [9.17, 15) is 0 Å². The van der Waals surface area contributed by atoms with E-state index in [2.05, 4.69) is 16.0 Å². The number of aliphatic hydroxyl groups excluding tert-OH is 1. The van der Waals surface area contributed by atoms with Crippen LogP contribution in [0.25, 0.3) is 21.9 Å². The van der Waals surface area contributed by atoms with E-state index in [-0.39, 0.29) is 6.61 Å². The van der Waals surface area contributed by atoms with Crippen LogP contribution in [0.15, 0.2) is 36.8 Å². The summed E-state index contributed by atoms with van der Waals surface area (Å²) in [6, 6.07) is 8.08. The van der Waals surface area contributed by atoms with E-state index in [1.165, 1.54) is 0 Å². The van der Waals surface area contributed by atoms with Crippen LogP contribution in [0.5, 0.6) is 0 Å². The van der Waals surface area contributed by atoms with Crippen molar-refractivity contribution >= 4 is 21.9 Å². The average molecular weight is 273 g/mol. The van der Waals surface area contributed by atoms with Crippen LogP contribution in [0.2, 0.25) is 0 Å². The number of imidazole rings is 1. The zero-order chi connectivity index (χ0) is 14.4. The minimum Gasteiger partial charge on any atom is -0.397 e. The quantitative estimate of drug-likeness (QED) is 0.796. The molecule has 0 spiro atoms. The van der Waals surface area contributed by atoms with Gasteiger partial charge in [-0.3, -0.25) is 4.98 Å². The summed E-state index contributed by atoms with van der Waals surface area (Å²) in [6.07, 6.45) is 3.61. The standard InChI is InChI=1S/C13H13N3O.C2H6O/c1-2-17-9-16-8-15-12-7-14-11-6-4-3-5-10(11)13(12)16;1-2-3/h3-8H,2,9H2,1H3;3H,2H2,1H3. The lowest BCUT2D eigenvalue weighted by atomic mass is 10.2. The van der Waals surface area contributed by atoms with Crippen molar-refractivity contribution < 1.29 is 9.84 Å². The molecule has 0 bridgehead atoms. The van der Waals surface area contributed by atoms with E-state index in [0.29, 0.717) is 13.3 Å². The second kappa shape index (κ2) is 6.98. The summed E-state index contributed by atoms with van der Waals surface area (Å²) in [4.78, 5) is 8.73. The Kier molecular flexibility index (Phi) is 5.03. The molecular weight excluding hydrogens is 254 g/mol. The molecule has 0 radical (unpaired) electrons. The zero-order valence-electron chi connectivity index (χ0n) is 11.8. The van der Waals surface area contributed by atoms with Gasteiger partial charge in [0.15, 0.2) is 0 Å². The van der Waals surface area contributed by atoms with Crippen LogP contribution in [0, 0.1) is 0 Å². The van der Waals surface area contributed by atoms with E-state index in [4.69, 9.17) is 9.84 Å². The van der Waals surface area contributed by atoms with E-state index >= 15 is 0 Å². The maximum absolute atomic E-state index is 7.57. The molecule has 2 heterocycles. The van der Waals surface area contributed by atoms with Gasteiger partial charge in [0.05, 0.1) is 23.6 Å². The van der Waals surface area contributed by atoms with Gasteiger partial charge < -0.3 is 14.4 Å². The smallest absolute Gasteiger partial charge is 0.124 e. The van der Waals surface area contributed by atoms with E-state index in [1.54, 1.807) is 19.4 Å². The Morgan fingerprint density at radius 3 is 2.65 bits per heavy atom. The molecule has 1 N–H and O–H groups in total. The number of fused-ring (bicyclic) bond motifs is 3. The highest BCUT2D eigenvalue weighted by Crippen LogP contribution is 2.22. The minimum atomic E-state index is 0.250. The number of hydrogen-bond donors (Lipinski definition) is 1. The van der Waals surface area contributed by atoms with Gasteiger partial charge in [0.2, 0.25) is 0 Å². The molecule has 0 amide bonds. The number of rotatable bonds is 3. The fourth-order valence-corrected chi connectivity index (χ4v) is 1.99. The second-order valence-corrected chi connectivity index (χ2v) is 4.16. The number of ether oxygens (including phenoxy) is 1. The molecule has 3 aromatic rings. The summed E-state index contributed by atoms with van der Waals surface area (Å²) in [7, 11) is 0. The molecule has 0 aliphatic heterocycles. The largest absolute Gasteiger partial charge is 0.397 e. The topological polar surface area (TPSA) is 60.2 Å². The first-order valence-corrected chi connectivity index (χ1v) is 6.69. The number of pyridine rings is 1. The highest BCUT2D eigenvalue weighted by atomic mass is 16.5. The fourth-order valence-electron chi connectivity index (χ4n) is 1.99. The monoisotopic (exact) mass is 273 g/mol. The third kappa shape index (κ3) is 2.95. The molecule has 5 heteroatoms. The normalized spacial score (nSPS) is 10.6. The van der Waals surface area contributed by atoms with Crippen molar-refractivity contribution in [3.8, 4) is 0 Å². The third-order valence-corrected chi connectivity index (χ3v) is 2.79. The van der Waals surface area contributed by atoms with Gasteiger partial charge in [0, 0.05) is 18.6 Å². The molecular formula is C15H19N3O2. The Bertz CT molecular complexity index is 679. The van der Waals surface area contributed by atoms with Crippen LogP contribution in [-0.2, 0) is 11.5 Å². The number of hydrogen-bond acceptors (Lipinski definition) is 4. The maximum atomic E-state index is 7.57. The fraction of sp³-hybridized carbons (Fsp3) is 0.333. The Morgan fingerprint density at radius 1 is 1.15 bits per heavy atom. The zero-order valence-corrected chi connectivity index (χ0v) is 11.8. The Balaban J connectivity index is 0.000000452. The predicted octanol–water partition coefficient (Wildman–Crippen LogP) is 2.58. The van der Waals surface area contributed by atoms with Crippen molar-refractivity contribution in [3.05, 3.63) is 36.8 Å². The van der Waals surface area contributed by atoms with Crippen molar-refractivity contribution in [1.29, 1.82) is 0 Å². The molecule has 0 aliphatic carbocycles. The number of nitrogens with zero attached hydrogens (tertiary/aromatic N) is 3. The molecule has 5 nitrogen and oxygen atoms in total. The Labute approximate surface area is 117 Å². The van der Waals surface area contributed by atoms with Crippen molar-refractivity contribution in [2.45, 2.75) is 20.6 Å². The van der Waals surface area contributed by atoms with Crippen molar-refractivity contribution in [2.75, 3.05) is 13.2 Å². The first kappa shape index (κ1) is 14.4. The molecule has 0 atom stereocenters. The number of para-hydroxylation sites is 1. The first-order valence-electron chi connectivity index (χ1n) is 6.69. The molecule has 1 aromatic carbocycles. The number of aromatic nitrogens is 3. The molecule has 20 heavy (non-hydrogen) atoms. The molecule has 0 fully saturated rings. The highest BCUT2D eigenvalue weighted by molar-refractivity contribution is 6.01. The van der Waals surface area contributed by atoms with Gasteiger partial charge in [-0.05, 0) is 19.9 Å². The van der Waals surface area contributed by atoms with Crippen LogP contribution in [0.1, 0.15) is 13.8 Å². The van der Waals surface area contributed by atoms with Gasteiger partial charge >= 0.3 is 0 Å². The summed E-state index contributed by atoms with van der Waals surface area (Å²) in [5.74, 6) is 0. The summed E-state index contributed by atoms with van der Waals surface area (Å²) < 4.78 is 7.45. The van der Waals surface area contributed by atoms with Crippen LogP contribution >= 0.6 is 0 Å². The SMILES string of the molecule is CCO.CCOCn1cnc2cnc3ccccc3c21. The molecule has 0 unspecified atom stereocenters. The molecule has 2 aromatic heterocycles. The van der Waals surface area contributed by atoms with E-state index < -0.39 is 0 Å². The van der Waals surface area contributed by atoms with Crippen LogP contribution in [0.4, 0.5) is 0 Å². The van der Waals surface area contributed by atoms with Crippen molar-refractivity contribution in [1.82, 2.24) is 14.5 Å². The van der Waals surface area contributed by atoms with Crippen molar-refractivity contribution in [3.63, 3.8) is 0 Å². The van der Waals surface area contributed by atoms with Gasteiger partial charge in [0.1, 0.15) is 12.2 Å². The van der Waals surface area contributed by atoms with Crippen LogP contribution in [-0.4, -0.2) is 32.9 Å². The van der Waals surface area contributed by atoms with Crippen LogP contribution < -0.4 is 0 Å². The summed E-state index contributed by atoms with van der Waals surface area (Å²) in [6.45, 7) is 5.14. The highest BCUT2D eigenvalue weighted by Gasteiger charge is 2.07. The molecule has 0 aliphatic rings. The summed E-state index contributed by atoms with van der Waals surface area (Å²) >= 11 is 0. The molecule has 3 rings (SSSR count). The first-order chi connectivity index (χ1) is 9.81. The summed E-state index contributed by atoms with van der Waals surface area (Å²) in [5, 5.41) is 8.68. The second-order valence-electron chi connectivity index (χ2n) is 4.16. The van der Waals surface area contributed by atoms with Gasteiger partial charge in [-0.15, -0.1) is 0 Å². The lowest BCUT2D eigenvalue weighted by Crippen LogP contribution is -2.00. The van der Waals surface area contributed by atoms with E-state index in [0.717, 1.165) is 21.9 Å². The average Bonchev–Trinajstić information content (AvgIpc) is 2.89. The lowest BCUT2D eigenvalue weighted by molar-refractivity contribution is 0.0906. The lowest BCUT2D eigenvalue weighted by Gasteiger charge is -2.05. The Morgan fingerprint density at radius 2 is 1.90 bits per heavy atom. The molecule has 0 saturated carbocycles. The number of benzene rings is 1. The summed E-state index contributed by atoms with van der Waals surface area (Å²) in [5.41, 5.74) is 2.98. The van der Waals surface area contributed by atoms with Crippen molar-refractivity contribution in [2.24, 2.45) is 0 Å². The van der Waals surface area contributed by atoms with Gasteiger partial charge in [-0.2, -0.15) is 0 Å². The van der Waals surface area contributed by atoms with Gasteiger partial charge in [-0.25, -0.2) is 4.98 Å².